The molecule has 0 aromatic heterocycles. The van der Waals surface area contributed by atoms with Gasteiger partial charge in [-0.15, -0.1) is 5.73 Å². The van der Waals surface area contributed by atoms with Gasteiger partial charge in [-0.05, 0) is 12.2 Å². The molecule has 0 saturated heterocycles. The molecule has 2 heteroatoms. The Morgan fingerprint density at radius 2 is 1.79 bits per heavy atom. The van der Waals surface area contributed by atoms with Crippen LogP contribution in [0.1, 0.15) is 20.7 Å². The molecule has 1 aromatic rings. The number of rotatable bonds is 0. The molecule has 2 aliphatic carbocycles. The second kappa shape index (κ2) is 4.42. The molecule has 2 nitrogen and oxygen atoms in total. The average Bonchev–Trinajstić information content (AvgIpc) is 2.95. The van der Waals surface area contributed by atoms with Crippen LogP contribution in [-0.4, -0.2) is 11.6 Å². The van der Waals surface area contributed by atoms with Crippen LogP contribution < -0.4 is 0 Å². The minimum Gasteiger partial charge on any atom is -0.289 e. The Labute approximate surface area is 110 Å². The largest absolute Gasteiger partial charge is 0.289 e. The van der Waals surface area contributed by atoms with Crippen molar-refractivity contribution in [3.63, 3.8) is 0 Å². The van der Waals surface area contributed by atoms with Crippen LogP contribution >= 0.6 is 0 Å². The predicted octanol–water partition coefficient (Wildman–Crippen LogP) is 2.65. The maximum atomic E-state index is 12.2. The van der Waals surface area contributed by atoms with Gasteiger partial charge < -0.3 is 0 Å². The van der Waals surface area contributed by atoms with Crippen molar-refractivity contribution in [2.75, 3.05) is 0 Å². The maximum Gasteiger partial charge on any atom is 0.202 e. The summed E-state index contributed by atoms with van der Waals surface area (Å²) in [6.07, 6.45) is 6.68. The molecule has 0 unspecified atom stereocenters. The Morgan fingerprint density at radius 1 is 1.00 bits per heavy atom. The molecule has 0 heterocycles. The van der Waals surface area contributed by atoms with Crippen molar-refractivity contribution in [2.45, 2.75) is 0 Å². The van der Waals surface area contributed by atoms with E-state index in [1.807, 2.05) is 6.08 Å². The number of fused-ring (bicyclic) bond motifs is 1. The molecule has 0 fully saturated rings. The van der Waals surface area contributed by atoms with Crippen LogP contribution in [0.15, 0.2) is 65.4 Å². The number of benzene rings is 1. The van der Waals surface area contributed by atoms with Crippen LogP contribution in [0.25, 0.3) is 0 Å². The van der Waals surface area contributed by atoms with Crippen LogP contribution in [0, 0.1) is 11.8 Å². The van der Waals surface area contributed by atoms with Crippen molar-refractivity contribution < 1.29 is 9.59 Å². The van der Waals surface area contributed by atoms with Crippen molar-refractivity contribution in [3.8, 4) is 11.8 Å². The first kappa shape index (κ1) is 11.2. The zero-order valence-electron chi connectivity index (χ0n) is 9.94. The summed E-state index contributed by atoms with van der Waals surface area (Å²) in [5.74, 6) is 5.21. The molecular formula is C17H8O2. The first-order valence-electron chi connectivity index (χ1n) is 5.81. The van der Waals surface area contributed by atoms with Gasteiger partial charge >= 0.3 is 0 Å². The normalized spacial score (nSPS) is 15.6. The lowest BCUT2D eigenvalue weighted by atomic mass is 9.90. The first-order chi connectivity index (χ1) is 9.25. The van der Waals surface area contributed by atoms with Gasteiger partial charge in [-0.2, -0.15) is 0 Å². The molecule has 19 heavy (non-hydrogen) atoms. The fourth-order valence-electron chi connectivity index (χ4n) is 1.95. The molecule has 2 aliphatic rings. The van der Waals surface area contributed by atoms with E-state index in [1.165, 1.54) is 6.08 Å². The second-order valence-electron chi connectivity index (χ2n) is 4.13. The highest BCUT2D eigenvalue weighted by Crippen LogP contribution is 2.20. The fraction of sp³-hybridized carbons (Fsp3) is 0. The molecule has 0 aliphatic heterocycles. The average molecular weight is 244 g/mol. The van der Waals surface area contributed by atoms with Gasteiger partial charge in [0.05, 0.1) is 11.1 Å². The number of Topliss-reactive ketones (excluding diaryl/α,β-unsaturated/α-hetero) is 1. The summed E-state index contributed by atoms with van der Waals surface area (Å²) in [5, 5.41) is 0. The highest BCUT2D eigenvalue weighted by atomic mass is 16.1. The predicted molar refractivity (Wildman–Crippen MR) is 71.7 cm³/mol. The van der Waals surface area contributed by atoms with Crippen LogP contribution in [-0.2, 0) is 0 Å². The van der Waals surface area contributed by atoms with Gasteiger partial charge in [0.15, 0.2) is 5.78 Å². The van der Waals surface area contributed by atoms with Gasteiger partial charge in [-0.25, -0.2) is 0 Å². The molecule has 0 atom stereocenters. The summed E-state index contributed by atoms with van der Waals surface area (Å²) in [7, 11) is 0. The number of hydrogen-bond donors (Lipinski definition) is 0. The standard InChI is InChI=1S/C17H8O2/c18-16-11-13(10-9-12-5-1-2-6-12)17(19)15-8-4-3-7-14(15)16/h1-5,7-8,11H. The Bertz CT molecular complexity index is 786. The van der Waals surface area contributed by atoms with E-state index in [9.17, 15) is 9.59 Å². The molecule has 0 amide bonds. The van der Waals surface area contributed by atoms with Gasteiger partial charge in [0, 0.05) is 17.2 Å². The molecule has 0 radical (unpaired) electrons. The molecule has 3 rings (SSSR count). The highest BCUT2D eigenvalue weighted by Gasteiger charge is 2.23. The number of hydrogen-bond acceptors (Lipinski definition) is 2. The highest BCUT2D eigenvalue weighted by molar-refractivity contribution is 6.26. The quantitative estimate of drug-likeness (QED) is 0.519. The first-order valence-corrected chi connectivity index (χ1v) is 5.81. The summed E-state index contributed by atoms with van der Waals surface area (Å²) >= 11 is 0. The van der Waals surface area contributed by atoms with Gasteiger partial charge in [0.2, 0.25) is 5.78 Å². The zero-order valence-corrected chi connectivity index (χ0v) is 9.94. The second-order valence-corrected chi connectivity index (χ2v) is 4.13. The van der Waals surface area contributed by atoms with Crippen LogP contribution in [0.3, 0.4) is 0 Å². The molecule has 0 N–H and O–H groups in total. The van der Waals surface area contributed by atoms with E-state index in [0.717, 1.165) is 0 Å². The number of ketones is 2. The van der Waals surface area contributed by atoms with E-state index in [4.69, 9.17) is 0 Å². The minimum absolute atomic E-state index is 0.175. The molecule has 0 bridgehead atoms. The van der Waals surface area contributed by atoms with Crippen LogP contribution in [0.2, 0.25) is 0 Å². The third-order valence-corrected chi connectivity index (χ3v) is 2.89. The number of allylic oxidation sites excluding steroid dienone is 5. The Balaban J connectivity index is 2.02. The summed E-state index contributed by atoms with van der Waals surface area (Å²) < 4.78 is 0. The van der Waals surface area contributed by atoms with Crippen molar-refractivity contribution in [2.24, 2.45) is 0 Å². The Kier molecular flexibility index (Phi) is 2.61. The maximum absolute atomic E-state index is 12.2. The van der Waals surface area contributed by atoms with Crippen molar-refractivity contribution in [1.82, 2.24) is 0 Å². The summed E-state index contributed by atoms with van der Waals surface area (Å²) in [4.78, 5) is 24.1. The SMILES string of the molecule is O=C1C=C(C#CC2=C=CC=C2)C(=O)c2ccccc21. The zero-order chi connectivity index (χ0) is 13.2. The van der Waals surface area contributed by atoms with E-state index >= 15 is 0 Å². The lowest BCUT2D eigenvalue weighted by Crippen LogP contribution is -2.15. The number of carbonyl (C=O) groups is 2. The summed E-state index contributed by atoms with van der Waals surface area (Å²) in [6.45, 7) is 0. The van der Waals surface area contributed by atoms with Crippen molar-refractivity contribution >= 4 is 11.6 Å². The van der Waals surface area contributed by atoms with Crippen LogP contribution in [0.5, 0.6) is 0 Å². The monoisotopic (exact) mass is 244 g/mol. The third-order valence-electron chi connectivity index (χ3n) is 2.89. The molecule has 1 aromatic carbocycles. The number of carbonyl (C=O) groups excluding carboxylic acids is 2. The molecule has 88 valence electrons. The summed E-state index contributed by atoms with van der Waals surface area (Å²) in [5.41, 5.74) is 4.73. The van der Waals surface area contributed by atoms with E-state index in [0.29, 0.717) is 16.7 Å². The van der Waals surface area contributed by atoms with E-state index in [-0.39, 0.29) is 17.1 Å². The van der Waals surface area contributed by atoms with E-state index in [2.05, 4.69) is 17.6 Å². The lowest BCUT2D eigenvalue weighted by molar-refractivity contribution is 0.0988. The Morgan fingerprint density at radius 3 is 2.53 bits per heavy atom. The minimum atomic E-state index is -0.200. The van der Waals surface area contributed by atoms with Crippen LogP contribution in [0.4, 0.5) is 0 Å². The van der Waals surface area contributed by atoms with Gasteiger partial charge in [-0.1, -0.05) is 42.2 Å². The van der Waals surface area contributed by atoms with Gasteiger partial charge in [-0.3, -0.25) is 9.59 Å². The van der Waals surface area contributed by atoms with Crippen molar-refractivity contribution in [1.29, 1.82) is 0 Å². The van der Waals surface area contributed by atoms with E-state index in [1.54, 1.807) is 36.4 Å². The third kappa shape index (κ3) is 1.99. The Hall–Kier alpha value is -2.88. The molecule has 0 spiro atoms. The van der Waals surface area contributed by atoms with Gasteiger partial charge in [0.1, 0.15) is 0 Å². The van der Waals surface area contributed by atoms with Crippen molar-refractivity contribution in [3.05, 3.63) is 76.6 Å². The summed E-state index contributed by atoms with van der Waals surface area (Å²) in [6, 6.07) is 6.79. The molecule has 0 saturated carbocycles. The van der Waals surface area contributed by atoms with E-state index < -0.39 is 0 Å². The smallest absolute Gasteiger partial charge is 0.202 e. The fourth-order valence-corrected chi connectivity index (χ4v) is 1.95. The van der Waals surface area contributed by atoms with Gasteiger partial charge in [0.25, 0.3) is 0 Å². The topological polar surface area (TPSA) is 34.1 Å². The molecular weight excluding hydrogens is 236 g/mol. The lowest BCUT2D eigenvalue weighted by Gasteiger charge is -2.10.